The van der Waals surface area contributed by atoms with Gasteiger partial charge in [0.2, 0.25) is 0 Å². The minimum Gasteiger partial charge on any atom is -0.496 e. The van der Waals surface area contributed by atoms with Crippen LogP contribution in [0.1, 0.15) is 99.8 Å². The highest BCUT2D eigenvalue weighted by Gasteiger charge is 2.26. The van der Waals surface area contributed by atoms with E-state index in [-0.39, 0.29) is 57.8 Å². The molecule has 0 bridgehead atoms. The maximum absolute atomic E-state index is 13.8. The molecule has 0 amide bonds. The topological polar surface area (TPSA) is 108 Å². The standard InChI is InChI=1S/C42H52O10/c1-9-15-27(16-10-2)49-29-23-35(45-5)39(36(24-29)46-6)41(43)51-33-21-13-20-32-31(33)19-14-22-34(32)52-42(44)40-37(47-7)25-30(26-38(40)48-8)50-28(17-11-3)18-12-4/h13-14,19-28H,9-12,15-18H2,1-8H3. The van der Waals surface area contributed by atoms with Crippen molar-refractivity contribution in [3.05, 3.63) is 71.8 Å². The number of rotatable bonds is 20. The summed E-state index contributed by atoms with van der Waals surface area (Å²) in [6.07, 6.45) is 7.62. The van der Waals surface area contributed by atoms with E-state index in [1.54, 1.807) is 60.7 Å². The molecule has 0 saturated carbocycles. The molecule has 4 aromatic carbocycles. The van der Waals surface area contributed by atoms with E-state index < -0.39 is 11.9 Å². The average Bonchev–Trinajstić information content (AvgIpc) is 3.14. The Bertz CT molecular complexity index is 1610. The minimum absolute atomic E-state index is 0.0330. The van der Waals surface area contributed by atoms with Gasteiger partial charge in [0.05, 0.1) is 40.6 Å². The number of methoxy groups -OCH3 is 4. The summed E-state index contributed by atoms with van der Waals surface area (Å²) in [5.74, 6) is 1.23. The lowest BCUT2D eigenvalue weighted by molar-refractivity contribution is 0.0717. The number of hydrogen-bond acceptors (Lipinski definition) is 10. The molecule has 52 heavy (non-hydrogen) atoms. The van der Waals surface area contributed by atoms with Crippen LogP contribution in [0.25, 0.3) is 10.8 Å². The quantitative estimate of drug-likeness (QED) is 0.0648. The van der Waals surface area contributed by atoms with Crippen LogP contribution in [0, 0.1) is 0 Å². The predicted octanol–water partition coefficient (Wildman–Crippen LogP) is 10.0. The van der Waals surface area contributed by atoms with E-state index in [2.05, 4.69) is 27.7 Å². The van der Waals surface area contributed by atoms with Gasteiger partial charge < -0.3 is 37.9 Å². The van der Waals surface area contributed by atoms with Crippen LogP contribution in [0.3, 0.4) is 0 Å². The molecule has 10 nitrogen and oxygen atoms in total. The molecule has 0 atom stereocenters. The van der Waals surface area contributed by atoms with Crippen molar-refractivity contribution in [1.82, 2.24) is 0 Å². The Morgan fingerprint density at radius 3 is 1.06 bits per heavy atom. The van der Waals surface area contributed by atoms with Gasteiger partial charge in [0.25, 0.3) is 0 Å². The van der Waals surface area contributed by atoms with Crippen LogP contribution >= 0.6 is 0 Å². The number of ether oxygens (including phenoxy) is 8. The number of hydrogen-bond donors (Lipinski definition) is 0. The monoisotopic (exact) mass is 716 g/mol. The van der Waals surface area contributed by atoms with Crippen LogP contribution in [0.2, 0.25) is 0 Å². The molecule has 4 rings (SSSR count). The summed E-state index contributed by atoms with van der Waals surface area (Å²) in [5, 5.41) is 1.09. The van der Waals surface area contributed by atoms with Crippen molar-refractivity contribution in [2.75, 3.05) is 28.4 Å². The second-order valence-corrected chi connectivity index (χ2v) is 12.4. The van der Waals surface area contributed by atoms with E-state index in [1.165, 1.54) is 28.4 Å². The summed E-state index contributed by atoms with van der Waals surface area (Å²) < 4.78 is 46.9. The van der Waals surface area contributed by atoms with Crippen molar-refractivity contribution in [3.8, 4) is 46.0 Å². The highest BCUT2D eigenvalue weighted by Crippen LogP contribution is 2.40. The Balaban J connectivity index is 1.63. The zero-order chi connectivity index (χ0) is 37.6. The van der Waals surface area contributed by atoms with Gasteiger partial charge in [-0.15, -0.1) is 0 Å². The lowest BCUT2D eigenvalue weighted by Crippen LogP contribution is -2.17. The van der Waals surface area contributed by atoms with Crippen LogP contribution in [0.5, 0.6) is 46.0 Å². The Morgan fingerprint density at radius 1 is 0.481 bits per heavy atom. The molecule has 280 valence electrons. The molecule has 0 unspecified atom stereocenters. The van der Waals surface area contributed by atoms with Crippen molar-refractivity contribution in [3.63, 3.8) is 0 Å². The maximum atomic E-state index is 13.8. The minimum atomic E-state index is -0.689. The predicted molar refractivity (Wildman–Crippen MR) is 201 cm³/mol. The zero-order valence-corrected chi connectivity index (χ0v) is 31.7. The van der Waals surface area contributed by atoms with Gasteiger partial charge in [0.1, 0.15) is 57.1 Å². The van der Waals surface area contributed by atoms with Crippen molar-refractivity contribution in [1.29, 1.82) is 0 Å². The summed E-state index contributed by atoms with van der Waals surface area (Å²) in [6.45, 7) is 8.47. The van der Waals surface area contributed by atoms with Gasteiger partial charge in [-0.05, 0) is 37.8 Å². The summed E-state index contributed by atoms with van der Waals surface area (Å²) in [6, 6.07) is 17.0. The summed E-state index contributed by atoms with van der Waals surface area (Å²) in [4.78, 5) is 27.5. The fourth-order valence-electron chi connectivity index (χ4n) is 6.24. The third-order valence-electron chi connectivity index (χ3n) is 8.66. The van der Waals surface area contributed by atoms with Crippen molar-refractivity contribution < 1.29 is 47.5 Å². The summed E-state index contributed by atoms with van der Waals surface area (Å²) in [5.41, 5.74) is 0.226. The number of carbonyl (C=O) groups is 2. The number of benzene rings is 4. The maximum Gasteiger partial charge on any atom is 0.351 e. The van der Waals surface area contributed by atoms with Crippen LogP contribution in [-0.4, -0.2) is 52.6 Å². The fraction of sp³-hybridized carbons (Fsp3) is 0.429. The molecule has 0 saturated heterocycles. The first kappa shape index (κ1) is 39.7. The van der Waals surface area contributed by atoms with Crippen LogP contribution in [-0.2, 0) is 0 Å². The second kappa shape index (κ2) is 19.5. The van der Waals surface area contributed by atoms with Crippen molar-refractivity contribution in [2.24, 2.45) is 0 Å². The third kappa shape index (κ3) is 9.60. The third-order valence-corrected chi connectivity index (χ3v) is 8.66. The highest BCUT2D eigenvalue weighted by atomic mass is 16.6. The van der Waals surface area contributed by atoms with Gasteiger partial charge in [0.15, 0.2) is 0 Å². The first-order valence-corrected chi connectivity index (χ1v) is 18.1. The molecule has 0 aliphatic carbocycles. The Morgan fingerprint density at radius 2 is 0.788 bits per heavy atom. The van der Waals surface area contributed by atoms with Gasteiger partial charge in [-0.1, -0.05) is 77.6 Å². The first-order valence-electron chi connectivity index (χ1n) is 18.1. The Kier molecular flexibility index (Phi) is 14.9. The molecule has 0 heterocycles. The summed E-state index contributed by atoms with van der Waals surface area (Å²) >= 11 is 0. The van der Waals surface area contributed by atoms with Gasteiger partial charge in [-0.3, -0.25) is 0 Å². The molecule has 0 fully saturated rings. The molecular formula is C42H52O10. The van der Waals surface area contributed by atoms with Crippen LogP contribution in [0.15, 0.2) is 60.7 Å². The zero-order valence-electron chi connectivity index (χ0n) is 31.7. The van der Waals surface area contributed by atoms with E-state index in [1.807, 2.05) is 0 Å². The first-order chi connectivity index (χ1) is 25.2. The van der Waals surface area contributed by atoms with E-state index in [0.29, 0.717) is 22.3 Å². The SMILES string of the molecule is CCCC(CCC)Oc1cc(OC)c(C(=O)Oc2cccc3c(OC(=O)c4c(OC)cc(OC(CCC)CCC)cc4OC)cccc23)c(OC)c1. The van der Waals surface area contributed by atoms with E-state index in [4.69, 9.17) is 37.9 Å². The largest absolute Gasteiger partial charge is 0.496 e. The van der Waals surface area contributed by atoms with E-state index >= 15 is 0 Å². The van der Waals surface area contributed by atoms with E-state index in [0.717, 1.165) is 51.4 Å². The molecule has 4 aromatic rings. The van der Waals surface area contributed by atoms with Crippen LogP contribution < -0.4 is 37.9 Å². The summed E-state index contributed by atoms with van der Waals surface area (Å²) in [7, 11) is 5.90. The van der Waals surface area contributed by atoms with Crippen LogP contribution in [0.4, 0.5) is 0 Å². The molecule has 10 heteroatoms. The number of fused-ring (bicyclic) bond motifs is 1. The number of carbonyl (C=O) groups excluding carboxylic acids is 2. The number of esters is 2. The van der Waals surface area contributed by atoms with Crippen molar-refractivity contribution >= 4 is 22.7 Å². The van der Waals surface area contributed by atoms with Gasteiger partial charge >= 0.3 is 11.9 Å². The molecule has 0 N–H and O–H groups in total. The van der Waals surface area contributed by atoms with Gasteiger partial charge in [0, 0.05) is 35.0 Å². The Hall–Kier alpha value is -5.12. The normalized spacial score (nSPS) is 11.0. The molecule has 0 aliphatic rings. The lowest BCUT2D eigenvalue weighted by Gasteiger charge is -2.21. The molecular weight excluding hydrogens is 664 g/mol. The molecule has 0 radical (unpaired) electrons. The van der Waals surface area contributed by atoms with Gasteiger partial charge in [-0.25, -0.2) is 9.59 Å². The molecule has 0 aromatic heterocycles. The fourth-order valence-corrected chi connectivity index (χ4v) is 6.24. The molecule has 0 spiro atoms. The second-order valence-electron chi connectivity index (χ2n) is 12.4. The van der Waals surface area contributed by atoms with Crippen molar-refractivity contribution in [2.45, 2.75) is 91.3 Å². The smallest absolute Gasteiger partial charge is 0.351 e. The lowest BCUT2D eigenvalue weighted by atomic mass is 10.1. The molecule has 0 aliphatic heterocycles. The van der Waals surface area contributed by atoms with Gasteiger partial charge in [-0.2, -0.15) is 0 Å². The average molecular weight is 717 g/mol. The highest BCUT2D eigenvalue weighted by molar-refractivity contribution is 6.03. The Labute approximate surface area is 307 Å². The van der Waals surface area contributed by atoms with E-state index in [9.17, 15) is 9.59 Å².